The Morgan fingerprint density at radius 3 is 1.20 bits per heavy atom. The van der Waals surface area contributed by atoms with E-state index in [2.05, 4.69) is 337 Å². The summed E-state index contributed by atoms with van der Waals surface area (Å²) in [7, 11) is 0. The van der Waals surface area contributed by atoms with E-state index in [0.29, 0.717) is 0 Å². The van der Waals surface area contributed by atoms with Crippen LogP contribution in [0.2, 0.25) is 0 Å². The van der Waals surface area contributed by atoms with Crippen molar-refractivity contribution in [2.24, 2.45) is 0 Å². The Hall–Kier alpha value is -11.7. The number of furan rings is 2. The van der Waals surface area contributed by atoms with Gasteiger partial charge in [0.15, 0.2) is 11.2 Å². The lowest BCUT2D eigenvalue weighted by atomic mass is 9.66. The highest BCUT2D eigenvalue weighted by atomic mass is 16.3. The summed E-state index contributed by atoms with van der Waals surface area (Å²) < 4.78 is 14.3. The van der Waals surface area contributed by atoms with Crippen LogP contribution in [0.15, 0.2) is 336 Å². The lowest BCUT2D eigenvalue weighted by Crippen LogP contribution is -2.29. The van der Waals surface area contributed by atoms with Gasteiger partial charge in [0.05, 0.1) is 16.8 Å². The molecule has 0 bridgehead atoms. The Morgan fingerprint density at radius 2 is 0.674 bits per heavy atom. The molecule has 18 rings (SSSR count). The summed E-state index contributed by atoms with van der Waals surface area (Å²) in [6.07, 6.45) is 0. The molecule has 15 aromatic carbocycles. The molecular formula is C85H54N2O2. The summed E-state index contributed by atoms with van der Waals surface area (Å²) in [6.45, 7) is 0. The zero-order valence-electron chi connectivity index (χ0n) is 48.4. The van der Waals surface area contributed by atoms with Gasteiger partial charge in [-0.25, -0.2) is 0 Å². The summed E-state index contributed by atoms with van der Waals surface area (Å²) in [5.74, 6) is 0. The van der Waals surface area contributed by atoms with Gasteiger partial charge in [-0.2, -0.15) is 0 Å². The highest BCUT2D eigenvalue weighted by Crippen LogP contribution is 2.62. The predicted molar refractivity (Wildman–Crippen MR) is 371 cm³/mol. The van der Waals surface area contributed by atoms with Crippen LogP contribution in [0.25, 0.3) is 110 Å². The van der Waals surface area contributed by atoms with E-state index in [1.807, 2.05) is 0 Å². The number of nitrogens with zero attached hydrogens (tertiary/aromatic N) is 2. The molecule has 0 saturated carbocycles. The second-order valence-electron chi connectivity index (χ2n) is 23.4. The maximum atomic E-state index is 7.17. The van der Waals surface area contributed by atoms with Crippen molar-refractivity contribution in [2.75, 3.05) is 9.80 Å². The third kappa shape index (κ3) is 7.73. The number of rotatable bonds is 10. The Balaban J connectivity index is 0.870. The lowest BCUT2D eigenvalue weighted by molar-refractivity contribution is 0.670. The average molecular weight is 1140 g/mol. The van der Waals surface area contributed by atoms with Gasteiger partial charge in [-0.3, -0.25) is 0 Å². The fourth-order valence-electron chi connectivity index (χ4n) is 14.9. The second-order valence-corrected chi connectivity index (χ2v) is 23.4. The fraction of sp³-hybridized carbons (Fsp3) is 0.0118. The van der Waals surface area contributed by atoms with E-state index in [1.54, 1.807) is 0 Å². The highest BCUT2D eigenvalue weighted by molar-refractivity contribution is 6.22. The molecule has 0 unspecified atom stereocenters. The smallest absolute Gasteiger partial charge is 0.159 e. The molecule has 0 spiro atoms. The third-order valence-corrected chi connectivity index (χ3v) is 18.6. The van der Waals surface area contributed by atoms with Gasteiger partial charge < -0.3 is 18.6 Å². The SMILES string of the molecule is c1ccc(-c2cccc3c2oc2c(N(c4ccccc4)c4ccc5cc6c(cc5c4)C(c4ccccc4)(c4ccccc4)c4c-6c5ccccc5c5cc(N(c6ccccc6)c6cccc7c6oc6c(-c8ccccc8)cccc67)ccc45)cccc23)cc1. The number of anilines is 6. The molecule has 4 nitrogen and oxygen atoms in total. The molecular weight excluding hydrogens is 1080 g/mol. The van der Waals surface area contributed by atoms with Crippen LogP contribution in [0.1, 0.15) is 22.3 Å². The monoisotopic (exact) mass is 1130 g/mol. The molecule has 4 heteroatoms. The van der Waals surface area contributed by atoms with Crippen LogP contribution in [0, 0.1) is 0 Å². The van der Waals surface area contributed by atoms with Crippen LogP contribution in [0.5, 0.6) is 0 Å². The minimum atomic E-state index is -0.744. The van der Waals surface area contributed by atoms with Gasteiger partial charge >= 0.3 is 0 Å². The van der Waals surface area contributed by atoms with Crippen molar-refractivity contribution >= 4 is 110 Å². The van der Waals surface area contributed by atoms with Crippen molar-refractivity contribution in [1.82, 2.24) is 0 Å². The van der Waals surface area contributed by atoms with Crippen molar-refractivity contribution in [3.63, 3.8) is 0 Å². The molecule has 0 N–H and O–H groups in total. The molecule has 89 heavy (non-hydrogen) atoms. The van der Waals surface area contributed by atoms with Gasteiger partial charge in [0.1, 0.15) is 11.2 Å². The summed E-state index contributed by atoms with van der Waals surface area (Å²) in [6, 6.07) is 119. The minimum Gasteiger partial charge on any atom is -0.453 e. The quantitative estimate of drug-likeness (QED) is 0.128. The van der Waals surface area contributed by atoms with Gasteiger partial charge in [-0.15, -0.1) is 0 Å². The van der Waals surface area contributed by atoms with E-state index >= 15 is 0 Å². The van der Waals surface area contributed by atoms with Crippen LogP contribution in [-0.4, -0.2) is 0 Å². The first-order valence-electron chi connectivity index (χ1n) is 30.6. The molecule has 1 aliphatic carbocycles. The predicted octanol–water partition coefficient (Wildman–Crippen LogP) is 23.6. The number of hydrogen-bond acceptors (Lipinski definition) is 4. The standard InChI is InChI=1S/C85H54N2O2/c1-7-25-55(26-8-1)65-39-21-41-70-72-43-23-45-77(83(72)88-81(65)70)86(61-33-15-5-16-34-61)63-48-47-57-52-75-76(53-58(57)51-63)85(59-29-11-3-12-30-59,60-31-13-4-14-32-60)80-69-50-49-64(54-74(69)67-37-19-20-38-68(67)79(75)80)87(62-35-17-6-18-36-62)78-46-24-44-73-71-42-22-40-66(82(71)89-84(73)78)56-27-9-2-10-28-56/h1-54H. The van der Waals surface area contributed by atoms with Crippen LogP contribution >= 0.6 is 0 Å². The molecule has 0 saturated heterocycles. The number of fused-ring (bicyclic) bond motifs is 15. The Bertz CT molecular complexity index is 5560. The van der Waals surface area contributed by atoms with E-state index < -0.39 is 5.41 Å². The number of para-hydroxylation sites is 6. The van der Waals surface area contributed by atoms with E-state index in [9.17, 15) is 0 Å². The van der Waals surface area contributed by atoms with Gasteiger partial charge in [0.2, 0.25) is 0 Å². The third-order valence-electron chi connectivity index (χ3n) is 18.6. The van der Waals surface area contributed by atoms with Crippen LogP contribution in [-0.2, 0) is 5.41 Å². The molecule has 0 fully saturated rings. The molecule has 0 amide bonds. The molecule has 2 heterocycles. The first-order valence-corrected chi connectivity index (χ1v) is 30.6. The van der Waals surface area contributed by atoms with Crippen molar-refractivity contribution in [1.29, 1.82) is 0 Å². The summed E-state index contributed by atoms with van der Waals surface area (Å²) in [4.78, 5) is 4.74. The average Bonchev–Trinajstić information content (AvgIpc) is 1.54. The Morgan fingerprint density at radius 1 is 0.247 bits per heavy atom. The normalized spacial score (nSPS) is 12.6. The van der Waals surface area contributed by atoms with E-state index in [4.69, 9.17) is 8.83 Å². The maximum Gasteiger partial charge on any atom is 0.159 e. The van der Waals surface area contributed by atoms with E-state index in [0.717, 1.165) is 111 Å². The zero-order chi connectivity index (χ0) is 58.6. The fourth-order valence-corrected chi connectivity index (χ4v) is 14.9. The second kappa shape index (κ2) is 20.2. The molecule has 416 valence electrons. The molecule has 17 aromatic rings. The van der Waals surface area contributed by atoms with Crippen molar-refractivity contribution in [2.45, 2.75) is 5.41 Å². The lowest BCUT2D eigenvalue weighted by Gasteiger charge is -2.35. The number of benzene rings is 15. The van der Waals surface area contributed by atoms with Gasteiger partial charge in [-0.1, -0.05) is 255 Å². The maximum absolute atomic E-state index is 7.17. The molecule has 1 aliphatic rings. The summed E-state index contributed by atoms with van der Waals surface area (Å²) >= 11 is 0. The van der Waals surface area contributed by atoms with Crippen LogP contribution in [0.4, 0.5) is 34.1 Å². The molecule has 2 aromatic heterocycles. The van der Waals surface area contributed by atoms with Crippen LogP contribution in [0.3, 0.4) is 0 Å². The molecule has 0 radical (unpaired) electrons. The van der Waals surface area contributed by atoms with E-state index in [1.165, 1.54) is 54.9 Å². The minimum absolute atomic E-state index is 0.744. The molecule has 0 atom stereocenters. The highest BCUT2D eigenvalue weighted by Gasteiger charge is 2.48. The van der Waals surface area contributed by atoms with Crippen molar-refractivity contribution < 1.29 is 8.83 Å². The van der Waals surface area contributed by atoms with Gasteiger partial charge in [0.25, 0.3) is 0 Å². The van der Waals surface area contributed by atoms with Crippen LogP contribution < -0.4 is 9.80 Å². The topological polar surface area (TPSA) is 32.8 Å². The summed E-state index contributed by atoms with van der Waals surface area (Å²) in [5, 5.41) is 11.4. The van der Waals surface area contributed by atoms with Crippen molar-refractivity contribution in [3.8, 4) is 33.4 Å². The Labute approximate surface area is 514 Å². The van der Waals surface area contributed by atoms with E-state index in [-0.39, 0.29) is 0 Å². The first kappa shape index (κ1) is 50.6. The largest absolute Gasteiger partial charge is 0.453 e. The first-order chi connectivity index (χ1) is 44.2. The zero-order valence-corrected chi connectivity index (χ0v) is 48.4. The van der Waals surface area contributed by atoms with Gasteiger partial charge in [0, 0.05) is 55.4 Å². The van der Waals surface area contributed by atoms with Crippen molar-refractivity contribution in [3.05, 3.63) is 350 Å². The Kier molecular flexibility index (Phi) is 11.5. The summed E-state index contributed by atoms with van der Waals surface area (Å²) in [5.41, 5.74) is 20.5. The number of hydrogen-bond donors (Lipinski definition) is 0. The molecule has 0 aliphatic heterocycles. The van der Waals surface area contributed by atoms with Gasteiger partial charge in [-0.05, 0) is 150 Å².